The number of nitriles is 1. The Kier molecular flexibility index (Phi) is 4.17. The van der Waals surface area contributed by atoms with Crippen molar-refractivity contribution >= 4 is 21.9 Å². The highest BCUT2D eigenvalue weighted by molar-refractivity contribution is 6.14. The fraction of sp³-hybridized carbons (Fsp3) is 0.294. The van der Waals surface area contributed by atoms with Gasteiger partial charge in [0.1, 0.15) is 18.2 Å². The summed E-state index contributed by atoms with van der Waals surface area (Å²) < 4.78 is 65.4. The highest BCUT2D eigenvalue weighted by Crippen LogP contribution is 2.42. The molecule has 2 aromatic heterocycles. The molecular weight excluding hydrogens is 452 g/mol. The molecule has 1 saturated carbocycles. The fourth-order valence-corrected chi connectivity index (χ4v) is 5.74. The summed E-state index contributed by atoms with van der Waals surface area (Å²) in [5.41, 5.74) is 5.50. The number of pyridine rings is 1. The second-order valence-corrected chi connectivity index (χ2v) is 10.1. The van der Waals surface area contributed by atoms with E-state index in [0.29, 0.717) is 33.6 Å². The second kappa shape index (κ2) is 9.20. The van der Waals surface area contributed by atoms with E-state index in [2.05, 4.69) is 6.07 Å². The minimum atomic E-state index is -2.64. The number of hydrogen-bond donors (Lipinski definition) is 0. The van der Waals surface area contributed by atoms with E-state index in [0.717, 1.165) is 53.1 Å². The molecule has 0 N–H and O–H groups in total. The van der Waals surface area contributed by atoms with Gasteiger partial charge in [0.25, 0.3) is 0 Å². The topological polar surface area (TPSA) is 40.8 Å². The molecule has 0 radical (unpaired) electrons. The third-order valence-electron chi connectivity index (χ3n) is 7.71. The van der Waals surface area contributed by atoms with E-state index in [-0.39, 0.29) is 11.1 Å². The van der Waals surface area contributed by atoms with Crippen LogP contribution in [0.4, 0.5) is 0 Å². The maximum atomic E-state index is 10.1. The molecule has 0 aliphatic heterocycles. The van der Waals surface area contributed by atoms with Gasteiger partial charge >= 0.3 is 0 Å². The molecule has 0 unspecified atom stereocenters. The van der Waals surface area contributed by atoms with Gasteiger partial charge < -0.3 is 4.42 Å². The standard InChI is InChI=1S/C34H33N2O/c1-21-10-16-28-29-17-15-27(19-35)32(26-13-11-25(12-14-26)24-8-6-5-7-9-24)34(29)37-33(28)31(21)30-18-22(2)23(3)20-36(30)4/h10-18,20,24H,5-9H2,1-4H3/q+1/i2D3,3D3,24D. The lowest BCUT2D eigenvalue weighted by Crippen LogP contribution is -2.31. The van der Waals surface area contributed by atoms with Gasteiger partial charge in [0.2, 0.25) is 5.69 Å². The van der Waals surface area contributed by atoms with Crippen molar-refractivity contribution in [2.75, 3.05) is 0 Å². The fourth-order valence-electron chi connectivity index (χ4n) is 5.74. The molecule has 184 valence electrons. The lowest BCUT2D eigenvalue weighted by Gasteiger charge is -2.22. The van der Waals surface area contributed by atoms with Crippen LogP contribution in [0.5, 0.6) is 0 Å². The zero-order chi connectivity index (χ0) is 31.6. The predicted octanol–water partition coefficient (Wildman–Crippen LogP) is 8.59. The number of aromatic nitrogens is 1. The van der Waals surface area contributed by atoms with Gasteiger partial charge in [-0.15, -0.1) is 0 Å². The Balaban J connectivity index is 1.58. The van der Waals surface area contributed by atoms with Crippen LogP contribution < -0.4 is 4.57 Å². The Morgan fingerprint density at radius 1 is 0.892 bits per heavy atom. The summed E-state index contributed by atoms with van der Waals surface area (Å²) in [5.74, 6) is -0.592. The molecule has 1 aliphatic rings. The molecule has 1 aliphatic carbocycles. The summed E-state index contributed by atoms with van der Waals surface area (Å²) in [6.07, 6.45) is 6.32. The molecule has 2 heterocycles. The van der Waals surface area contributed by atoms with Gasteiger partial charge in [-0.3, -0.25) is 0 Å². The average Bonchev–Trinajstić information content (AvgIpc) is 3.34. The Hall–Kier alpha value is -3.90. The monoisotopic (exact) mass is 492 g/mol. The second-order valence-electron chi connectivity index (χ2n) is 10.1. The molecule has 6 rings (SSSR count). The first-order valence-electron chi connectivity index (χ1n) is 16.3. The lowest BCUT2D eigenvalue weighted by atomic mass is 9.83. The Morgan fingerprint density at radius 3 is 2.30 bits per heavy atom. The highest BCUT2D eigenvalue weighted by atomic mass is 16.3. The van der Waals surface area contributed by atoms with Crippen molar-refractivity contribution in [2.24, 2.45) is 7.05 Å². The van der Waals surface area contributed by atoms with E-state index in [1.807, 2.05) is 49.4 Å². The zero-order valence-electron chi connectivity index (χ0n) is 28.1. The summed E-state index contributed by atoms with van der Waals surface area (Å²) in [4.78, 5) is 0. The number of nitrogens with zero attached hydrogens (tertiary/aromatic N) is 2. The molecule has 37 heavy (non-hydrogen) atoms. The van der Waals surface area contributed by atoms with Crippen molar-refractivity contribution < 1.29 is 18.6 Å². The van der Waals surface area contributed by atoms with Gasteiger partial charge in [0, 0.05) is 37.6 Å². The largest absolute Gasteiger partial charge is 0.454 e. The molecule has 5 aromatic rings. The van der Waals surface area contributed by atoms with E-state index in [1.54, 1.807) is 17.7 Å². The first-order chi connectivity index (χ1) is 20.7. The normalized spacial score (nSPS) is 18.7. The molecule has 0 spiro atoms. The zero-order valence-corrected chi connectivity index (χ0v) is 21.1. The average molecular weight is 493 g/mol. The van der Waals surface area contributed by atoms with E-state index < -0.39 is 19.6 Å². The van der Waals surface area contributed by atoms with Crippen molar-refractivity contribution in [1.29, 1.82) is 5.26 Å². The summed E-state index contributed by atoms with van der Waals surface area (Å²) in [5, 5.41) is 11.7. The number of hydrogen-bond acceptors (Lipinski definition) is 2. The van der Waals surface area contributed by atoms with Crippen LogP contribution in [0.2, 0.25) is 0 Å². The molecule has 0 bridgehead atoms. The van der Waals surface area contributed by atoms with E-state index >= 15 is 0 Å². The van der Waals surface area contributed by atoms with Gasteiger partial charge in [-0.1, -0.05) is 55.7 Å². The lowest BCUT2D eigenvalue weighted by molar-refractivity contribution is -0.660. The van der Waals surface area contributed by atoms with Crippen LogP contribution in [-0.4, -0.2) is 0 Å². The number of rotatable bonds is 3. The van der Waals surface area contributed by atoms with E-state index in [1.165, 1.54) is 18.7 Å². The van der Waals surface area contributed by atoms with Crippen LogP contribution in [0, 0.1) is 32.0 Å². The SMILES string of the molecule is [2H]C([2H])([2H])c1cc(-c2c(C)ccc3c2oc2c(-c4ccc(C5([2H])CCCCC5)cc4)c(C#N)ccc23)[n+](C)cc1C([2H])([2H])[2H]. The number of furan rings is 1. The van der Waals surface area contributed by atoms with Crippen molar-refractivity contribution in [3.8, 4) is 28.5 Å². The summed E-state index contributed by atoms with van der Waals surface area (Å²) in [6.45, 7) is -3.34. The quantitative estimate of drug-likeness (QED) is 0.237. The van der Waals surface area contributed by atoms with Gasteiger partial charge in [-0.25, -0.2) is 4.57 Å². The number of benzene rings is 3. The van der Waals surface area contributed by atoms with Crippen molar-refractivity contribution in [3.63, 3.8) is 0 Å². The first-order valence-corrected chi connectivity index (χ1v) is 12.8. The molecular formula is C34H33N2O+. The minimum absolute atomic E-state index is 0.217. The molecule has 0 saturated heterocycles. The van der Waals surface area contributed by atoms with Crippen molar-refractivity contribution in [3.05, 3.63) is 88.6 Å². The maximum absolute atomic E-state index is 10.1. The number of aryl methyl sites for hydroxylation is 4. The Labute approximate surface area is 228 Å². The summed E-state index contributed by atoms with van der Waals surface area (Å²) in [6, 6.07) is 19.2. The molecule has 3 heteroatoms. The van der Waals surface area contributed by atoms with Crippen LogP contribution >= 0.6 is 0 Å². The molecule has 3 aromatic carbocycles. The van der Waals surface area contributed by atoms with Crippen LogP contribution in [0.25, 0.3) is 44.3 Å². The van der Waals surface area contributed by atoms with Gasteiger partial charge in [-0.2, -0.15) is 5.26 Å². The van der Waals surface area contributed by atoms with Crippen LogP contribution in [0.1, 0.15) is 75.4 Å². The van der Waals surface area contributed by atoms with Crippen LogP contribution in [0.15, 0.2) is 65.2 Å². The molecule has 0 amide bonds. The van der Waals surface area contributed by atoms with Gasteiger partial charge in [-0.05, 0) is 73.7 Å². The Morgan fingerprint density at radius 2 is 1.59 bits per heavy atom. The van der Waals surface area contributed by atoms with Crippen molar-refractivity contribution in [1.82, 2.24) is 0 Å². The smallest absolute Gasteiger partial charge is 0.216 e. The minimum Gasteiger partial charge on any atom is -0.454 e. The van der Waals surface area contributed by atoms with E-state index in [9.17, 15) is 5.26 Å². The summed E-state index contributed by atoms with van der Waals surface area (Å²) in [7, 11) is 1.70. The molecule has 1 fully saturated rings. The third kappa shape index (κ3) is 3.92. The summed E-state index contributed by atoms with van der Waals surface area (Å²) >= 11 is 0. The van der Waals surface area contributed by atoms with Crippen molar-refractivity contribution in [2.45, 2.75) is 58.6 Å². The first kappa shape index (κ1) is 16.8. The predicted molar refractivity (Wildman–Crippen MR) is 151 cm³/mol. The molecule has 0 atom stereocenters. The van der Waals surface area contributed by atoms with Gasteiger partial charge in [0.15, 0.2) is 6.20 Å². The van der Waals surface area contributed by atoms with Gasteiger partial charge in [0.05, 0.1) is 17.2 Å². The molecule has 3 nitrogen and oxygen atoms in total. The third-order valence-corrected chi connectivity index (χ3v) is 7.71. The van der Waals surface area contributed by atoms with E-state index in [4.69, 9.17) is 14.0 Å². The van der Waals surface area contributed by atoms with Crippen LogP contribution in [-0.2, 0) is 7.05 Å². The number of fused-ring (bicyclic) bond motifs is 3. The van der Waals surface area contributed by atoms with Crippen LogP contribution in [0.3, 0.4) is 0 Å². The highest BCUT2D eigenvalue weighted by Gasteiger charge is 2.24. The Bertz CT molecular complexity index is 1960. The maximum Gasteiger partial charge on any atom is 0.216 e.